The van der Waals surface area contributed by atoms with E-state index in [0.29, 0.717) is 11.5 Å². The summed E-state index contributed by atoms with van der Waals surface area (Å²) in [5, 5.41) is 6.79. The number of amides is 1. The predicted molar refractivity (Wildman–Crippen MR) is 86.8 cm³/mol. The van der Waals surface area contributed by atoms with E-state index in [0.717, 1.165) is 5.69 Å². The Balaban J connectivity index is 1.92. The van der Waals surface area contributed by atoms with Crippen LogP contribution >= 0.6 is 0 Å². The number of aryl methyl sites for hydroxylation is 1. The molecule has 3 rings (SSSR count). The van der Waals surface area contributed by atoms with Gasteiger partial charge in [-0.2, -0.15) is 9.78 Å². The van der Waals surface area contributed by atoms with Crippen molar-refractivity contribution in [2.24, 2.45) is 0 Å². The molecule has 0 unspecified atom stereocenters. The van der Waals surface area contributed by atoms with Crippen molar-refractivity contribution in [2.45, 2.75) is 6.92 Å². The average molecular weight is 306 g/mol. The van der Waals surface area contributed by atoms with Crippen molar-refractivity contribution < 1.29 is 4.79 Å². The van der Waals surface area contributed by atoms with Gasteiger partial charge in [-0.15, -0.1) is 0 Å². The molecule has 6 heteroatoms. The topological polar surface area (TPSA) is 76.9 Å². The zero-order chi connectivity index (χ0) is 16.2. The number of para-hydroxylation sites is 1. The van der Waals surface area contributed by atoms with Gasteiger partial charge in [0.25, 0.3) is 11.5 Å². The summed E-state index contributed by atoms with van der Waals surface area (Å²) in [6.45, 7) is 1.84. The van der Waals surface area contributed by atoms with Gasteiger partial charge >= 0.3 is 0 Å². The number of nitrogens with one attached hydrogen (secondary N) is 1. The van der Waals surface area contributed by atoms with Gasteiger partial charge in [0, 0.05) is 11.8 Å². The van der Waals surface area contributed by atoms with Crippen LogP contribution < -0.4 is 10.9 Å². The highest BCUT2D eigenvalue weighted by Crippen LogP contribution is 2.07. The maximum absolute atomic E-state index is 12.3. The van der Waals surface area contributed by atoms with Crippen LogP contribution in [-0.4, -0.2) is 20.7 Å². The molecular weight excluding hydrogens is 292 g/mol. The fraction of sp³-hybridized carbons (Fsp3) is 0.0588. The lowest BCUT2D eigenvalue weighted by molar-refractivity contribution is 0.102. The van der Waals surface area contributed by atoms with Crippen molar-refractivity contribution in [3.63, 3.8) is 0 Å². The third kappa shape index (κ3) is 3.32. The predicted octanol–water partition coefficient (Wildman–Crippen LogP) is 2.19. The lowest BCUT2D eigenvalue weighted by atomic mass is 10.3. The molecule has 0 aliphatic carbocycles. The minimum absolute atomic E-state index is 0.136. The Hall–Kier alpha value is -3.28. The third-order valence-electron chi connectivity index (χ3n) is 3.16. The number of hydrogen-bond donors (Lipinski definition) is 1. The van der Waals surface area contributed by atoms with Crippen molar-refractivity contribution >= 4 is 11.7 Å². The van der Waals surface area contributed by atoms with Crippen LogP contribution in [-0.2, 0) is 0 Å². The van der Waals surface area contributed by atoms with Gasteiger partial charge in [0.15, 0.2) is 0 Å². The first-order valence-corrected chi connectivity index (χ1v) is 7.04. The zero-order valence-corrected chi connectivity index (χ0v) is 12.4. The van der Waals surface area contributed by atoms with Crippen LogP contribution in [0.15, 0.2) is 65.5 Å². The number of hydrogen-bond acceptors (Lipinski definition) is 4. The maximum Gasteiger partial charge on any atom is 0.277 e. The first kappa shape index (κ1) is 14.6. The number of aromatic nitrogens is 3. The fourth-order valence-electron chi connectivity index (χ4n) is 2.08. The summed E-state index contributed by atoms with van der Waals surface area (Å²) in [7, 11) is 0. The first-order chi connectivity index (χ1) is 11.1. The smallest absolute Gasteiger partial charge is 0.277 e. The molecular formula is C17H14N4O2. The summed E-state index contributed by atoms with van der Waals surface area (Å²) in [6.07, 6.45) is 0. The molecule has 0 aliphatic rings. The van der Waals surface area contributed by atoms with Gasteiger partial charge in [-0.3, -0.25) is 9.59 Å². The second-order valence-corrected chi connectivity index (χ2v) is 4.92. The second-order valence-electron chi connectivity index (χ2n) is 4.92. The minimum Gasteiger partial charge on any atom is -0.305 e. The van der Waals surface area contributed by atoms with Gasteiger partial charge in [0.05, 0.1) is 5.69 Å². The van der Waals surface area contributed by atoms with Gasteiger partial charge in [-0.05, 0) is 37.3 Å². The average Bonchev–Trinajstić information content (AvgIpc) is 2.56. The second kappa shape index (κ2) is 6.23. The van der Waals surface area contributed by atoms with E-state index in [1.807, 2.05) is 19.1 Å². The SMILES string of the molecule is Cc1cccc(NC(=O)c2ccc(=O)n(-c3ccccc3)n2)n1. The molecule has 6 nitrogen and oxygen atoms in total. The molecule has 2 aromatic heterocycles. The quantitative estimate of drug-likeness (QED) is 0.804. The number of carbonyl (C=O) groups is 1. The van der Waals surface area contributed by atoms with E-state index < -0.39 is 5.91 Å². The van der Waals surface area contributed by atoms with E-state index >= 15 is 0 Å². The Morgan fingerprint density at radius 1 is 1.00 bits per heavy atom. The summed E-state index contributed by atoms with van der Waals surface area (Å²) >= 11 is 0. The van der Waals surface area contributed by atoms with E-state index in [-0.39, 0.29) is 11.3 Å². The summed E-state index contributed by atoms with van der Waals surface area (Å²) in [5.74, 6) is 0.0158. The highest BCUT2D eigenvalue weighted by molar-refractivity contribution is 6.02. The van der Waals surface area contributed by atoms with Gasteiger partial charge in [-0.25, -0.2) is 4.98 Å². The molecule has 0 saturated heterocycles. The fourth-order valence-corrected chi connectivity index (χ4v) is 2.08. The molecule has 0 bridgehead atoms. The van der Waals surface area contributed by atoms with E-state index in [2.05, 4.69) is 15.4 Å². The Bertz CT molecular complexity index is 904. The largest absolute Gasteiger partial charge is 0.305 e. The number of pyridine rings is 1. The highest BCUT2D eigenvalue weighted by atomic mass is 16.2. The molecule has 0 spiro atoms. The number of nitrogens with zero attached hydrogens (tertiary/aromatic N) is 3. The van der Waals surface area contributed by atoms with E-state index in [1.165, 1.54) is 16.8 Å². The molecule has 1 N–H and O–H groups in total. The molecule has 3 aromatic rings. The Morgan fingerprint density at radius 2 is 1.78 bits per heavy atom. The van der Waals surface area contributed by atoms with Crippen LogP contribution in [0, 0.1) is 6.92 Å². The van der Waals surface area contributed by atoms with Crippen molar-refractivity contribution in [3.05, 3.63) is 82.4 Å². The van der Waals surface area contributed by atoms with Crippen molar-refractivity contribution in [1.82, 2.24) is 14.8 Å². The van der Waals surface area contributed by atoms with Gasteiger partial charge in [-0.1, -0.05) is 24.3 Å². The van der Waals surface area contributed by atoms with Gasteiger partial charge < -0.3 is 5.32 Å². The lowest BCUT2D eigenvalue weighted by Crippen LogP contribution is -2.25. The number of rotatable bonds is 3. The van der Waals surface area contributed by atoms with Crippen LogP contribution in [0.4, 0.5) is 5.82 Å². The molecule has 1 aromatic carbocycles. The standard InChI is InChI=1S/C17H14N4O2/c1-12-6-5-9-15(18-12)19-17(23)14-10-11-16(22)21(20-14)13-7-3-2-4-8-13/h2-11H,1H3,(H,18,19,23). The molecule has 0 aliphatic heterocycles. The van der Waals surface area contributed by atoms with Crippen molar-refractivity contribution in [3.8, 4) is 5.69 Å². The molecule has 0 fully saturated rings. The Labute approximate surface area is 132 Å². The van der Waals surface area contributed by atoms with Crippen LogP contribution in [0.2, 0.25) is 0 Å². The van der Waals surface area contributed by atoms with Crippen molar-refractivity contribution in [2.75, 3.05) is 5.32 Å². The Kier molecular flexibility index (Phi) is 3.97. The van der Waals surface area contributed by atoms with E-state index in [4.69, 9.17) is 0 Å². The molecule has 1 amide bonds. The molecule has 0 saturated carbocycles. The minimum atomic E-state index is -0.423. The van der Waals surface area contributed by atoms with E-state index in [1.54, 1.807) is 36.4 Å². The molecule has 0 radical (unpaired) electrons. The first-order valence-electron chi connectivity index (χ1n) is 7.04. The van der Waals surface area contributed by atoms with E-state index in [9.17, 15) is 9.59 Å². The number of benzene rings is 1. The summed E-state index contributed by atoms with van der Waals surface area (Å²) < 4.78 is 1.19. The van der Waals surface area contributed by atoms with Crippen LogP contribution in [0.5, 0.6) is 0 Å². The number of carbonyl (C=O) groups excluding carboxylic acids is 1. The molecule has 114 valence electrons. The Morgan fingerprint density at radius 3 is 2.52 bits per heavy atom. The van der Waals surface area contributed by atoms with Crippen molar-refractivity contribution in [1.29, 1.82) is 0 Å². The van der Waals surface area contributed by atoms with Gasteiger partial charge in [0.2, 0.25) is 0 Å². The number of anilines is 1. The zero-order valence-electron chi connectivity index (χ0n) is 12.4. The lowest BCUT2D eigenvalue weighted by Gasteiger charge is -2.07. The molecule has 0 atom stereocenters. The summed E-state index contributed by atoms with van der Waals surface area (Å²) in [5.41, 5.74) is 1.23. The normalized spacial score (nSPS) is 10.3. The van der Waals surface area contributed by atoms with Crippen LogP contribution in [0.3, 0.4) is 0 Å². The maximum atomic E-state index is 12.3. The van der Waals surface area contributed by atoms with Gasteiger partial charge in [0.1, 0.15) is 11.5 Å². The monoisotopic (exact) mass is 306 g/mol. The molecule has 2 heterocycles. The molecule has 23 heavy (non-hydrogen) atoms. The van der Waals surface area contributed by atoms with Crippen LogP contribution in [0.25, 0.3) is 5.69 Å². The summed E-state index contributed by atoms with van der Waals surface area (Å²) in [6, 6.07) is 17.0. The third-order valence-corrected chi connectivity index (χ3v) is 3.16. The summed E-state index contributed by atoms with van der Waals surface area (Å²) in [4.78, 5) is 28.5. The van der Waals surface area contributed by atoms with Crippen LogP contribution in [0.1, 0.15) is 16.2 Å². The highest BCUT2D eigenvalue weighted by Gasteiger charge is 2.11.